The maximum atomic E-state index is 3.80. The number of hydrogen-bond donors (Lipinski definition) is 1. The van der Waals surface area contributed by atoms with Crippen LogP contribution in [0.4, 0.5) is 5.00 Å². The molecule has 1 aliphatic rings. The van der Waals surface area contributed by atoms with Gasteiger partial charge in [0.2, 0.25) is 0 Å². The number of nitrogens with zero attached hydrogens (tertiary/aromatic N) is 2. The van der Waals surface area contributed by atoms with Crippen LogP contribution in [0.15, 0.2) is 18.3 Å². The monoisotopic (exact) mass is 195 g/mol. The number of nitrogens with one attached hydrogen (secondary N) is 1. The van der Waals surface area contributed by atoms with Crippen molar-refractivity contribution in [2.75, 3.05) is 11.9 Å². The Labute approximate surface area is 82.0 Å². The van der Waals surface area contributed by atoms with Crippen LogP contribution < -0.4 is 5.32 Å². The van der Waals surface area contributed by atoms with Crippen LogP contribution >= 0.6 is 11.5 Å². The van der Waals surface area contributed by atoms with Crippen LogP contribution in [0.2, 0.25) is 0 Å². The first-order chi connectivity index (χ1) is 6.45. The van der Waals surface area contributed by atoms with E-state index in [2.05, 4.69) is 27.1 Å². The summed E-state index contributed by atoms with van der Waals surface area (Å²) < 4.78 is 3.80. The van der Waals surface area contributed by atoms with E-state index < -0.39 is 0 Å². The zero-order chi connectivity index (χ0) is 8.93. The molecule has 0 fully saturated rings. The summed E-state index contributed by atoms with van der Waals surface area (Å²) in [5.41, 5.74) is 0. The summed E-state index contributed by atoms with van der Waals surface area (Å²) in [6.45, 7) is 1.05. The van der Waals surface area contributed by atoms with Crippen molar-refractivity contribution >= 4 is 16.5 Å². The third kappa shape index (κ3) is 2.52. The highest BCUT2D eigenvalue weighted by Crippen LogP contribution is 2.19. The molecule has 70 valence electrons. The van der Waals surface area contributed by atoms with Gasteiger partial charge in [-0.05, 0) is 25.2 Å². The lowest BCUT2D eigenvalue weighted by Crippen LogP contribution is -2.14. The summed E-state index contributed by atoms with van der Waals surface area (Å²) in [5.74, 6) is 0.784. The number of anilines is 1. The SMILES string of the molecule is C1=CCC(CNc2cnns2)CC1. The van der Waals surface area contributed by atoms with Gasteiger partial charge in [-0.15, -0.1) is 5.10 Å². The fourth-order valence-corrected chi connectivity index (χ4v) is 1.96. The Kier molecular flexibility index (Phi) is 2.92. The lowest BCUT2D eigenvalue weighted by atomic mass is 9.94. The summed E-state index contributed by atoms with van der Waals surface area (Å²) in [4.78, 5) is 0. The highest BCUT2D eigenvalue weighted by atomic mass is 32.1. The minimum Gasteiger partial charge on any atom is -0.374 e. The molecule has 0 amide bonds. The maximum Gasteiger partial charge on any atom is 0.130 e. The van der Waals surface area contributed by atoms with E-state index in [0.29, 0.717) is 0 Å². The van der Waals surface area contributed by atoms with Crippen LogP contribution in [-0.4, -0.2) is 16.1 Å². The van der Waals surface area contributed by atoms with E-state index in [9.17, 15) is 0 Å². The third-order valence-electron chi connectivity index (χ3n) is 2.30. The molecule has 0 saturated heterocycles. The lowest BCUT2D eigenvalue weighted by Gasteiger charge is -2.17. The number of aromatic nitrogens is 2. The Morgan fingerprint density at radius 3 is 3.23 bits per heavy atom. The largest absolute Gasteiger partial charge is 0.374 e. The van der Waals surface area contributed by atoms with Crippen LogP contribution in [0.3, 0.4) is 0 Å². The van der Waals surface area contributed by atoms with Crippen molar-refractivity contribution in [3.05, 3.63) is 18.3 Å². The smallest absolute Gasteiger partial charge is 0.130 e. The molecule has 0 saturated carbocycles. The van der Waals surface area contributed by atoms with E-state index in [0.717, 1.165) is 17.5 Å². The van der Waals surface area contributed by atoms with Crippen molar-refractivity contribution in [2.24, 2.45) is 5.92 Å². The molecule has 1 unspecified atom stereocenters. The molecule has 4 heteroatoms. The quantitative estimate of drug-likeness (QED) is 0.752. The zero-order valence-corrected chi connectivity index (χ0v) is 8.26. The summed E-state index contributed by atoms with van der Waals surface area (Å²) in [5, 5.41) is 8.21. The summed E-state index contributed by atoms with van der Waals surface area (Å²) >= 11 is 1.42. The van der Waals surface area contributed by atoms with Gasteiger partial charge in [-0.1, -0.05) is 16.6 Å². The summed E-state index contributed by atoms with van der Waals surface area (Å²) in [6.07, 6.45) is 10.1. The maximum absolute atomic E-state index is 3.80. The van der Waals surface area contributed by atoms with Crippen LogP contribution in [0.1, 0.15) is 19.3 Å². The first-order valence-electron chi connectivity index (χ1n) is 4.61. The molecular weight excluding hydrogens is 182 g/mol. The predicted molar refractivity (Wildman–Crippen MR) is 54.9 cm³/mol. The topological polar surface area (TPSA) is 37.8 Å². The molecule has 0 aliphatic heterocycles. The molecule has 0 spiro atoms. The van der Waals surface area contributed by atoms with E-state index in [4.69, 9.17) is 0 Å². The molecule has 2 rings (SSSR count). The van der Waals surface area contributed by atoms with Gasteiger partial charge in [0.25, 0.3) is 0 Å². The van der Waals surface area contributed by atoms with E-state index in [-0.39, 0.29) is 0 Å². The first-order valence-corrected chi connectivity index (χ1v) is 5.39. The molecule has 0 radical (unpaired) electrons. The molecule has 0 aromatic carbocycles. The Morgan fingerprint density at radius 1 is 1.54 bits per heavy atom. The second-order valence-electron chi connectivity index (χ2n) is 3.31. The Morgan fingerprint density at radius 2 is 2.54 bits per heavy atom. The van der Waals surface area contributed by atoms with Crippen LogP contribution in [0.25, 0.3) is 0 Å². The Hall–Kier alpha value is -0.900. The normalized spacial score (nSPS) is 21.7. The molecule has 1 N–H and O–H groups in total. The predicted octanol–water partition coefficient (Wildman–Crippen LogP) is 2.31. The molecule has 0 bridgehead atoms. The molecule has 3 nitrogen and oxygen atoms in total. The van der Waals surface area contributed by atoms with Gasteiger partial charge in [0.1, 0.15) is 5.00 Å². The minimum atomic E-state index is 0.784. The lowest BCUT2D eigenvalue weighted by molar-refractivity contribution is 0.504. The van der Waals surface area contributed by atoms with Gasteiger partial charge in [0.05, 0.1) is 6.20 Å². The zero-order valence-electron chi connectivity index (χ0n) is 7.44. The van der Waals surface area contributed by atoms with Crippen molar-refractivity contribution in [3.63, 3.8) is 0 Å². The molecule has 1 atom stereocenters. The van der Waals surface area contributed by atoms with Gasteiger partial charge in [-0.2, -0.15) is 0 Å². The molecular formula is C9H13N3S. The van der Waals surface area contributed by atoms with E-state index in [1.165, 1.54) is 30.8 Å². The molecule has 1 heterocycles. The van der Waals surface area contributed by atoms with Gasteiger partial charge >= 0.3 is 0 Å². The second-order valence-corrected chi connectivity index (χ2v) is 4.10. The van der Waals surface area contributed by atoms with Crippen LogP contribution in [-0.2, 0) is 0 Å². The molecule has 1 aromatic rings. The van der Waals surface area contributed by atoms with Gasteiger partial charge in [0, 0.05) is 18.1 Å². The Balaban J connectivity index is 1.76. The van der Waals surface area contributed by atoms with Gasteiger partial charge in [-0.25, -0.2) is 0 Å². The molecule has 1 aromatic heterocycles. The average Bonchev–Trinajstić information content (AvgIpc) is 2.69. The van der Waals surface area contributed by atoms with Gasteiger partial charge in [-0.3, -0.25) is 0 Å². The van der Waals surface area contributed by atoms with Crippen LogP contribution in [0, 0.1) is 5.92 Å². The minimum absolute atomic E-state index is 0.784. The fraction of sp³-hybridized carbons (Fsp3) is 0.556. The van der Waals surface area contributed by atoms with Crippen molar-refractivity contribution < 1.29 is 0 Å². The standard InChI is InChI=1S/C9H13N3S/c1-2-4-8(5-3-1)6-10-9-7-11-12-13-9/h1-2,7-8,10H,3-6H2. The number of rotatable bonds is 3. The molecule has 13 heavy (non-hydrogen) atoms. The van der Waals surface area contributed by atoms with Crippen molar-refractivity contribution in [1.82, 2.24) is 9.59 Å². The van der Waals surface area contributed by atoms with E-state index in [1.807, 2.05) is 0 Å². The average molecular weight is 195 g/mol. The van der Waals surface area contributed by atoms with E-state index in [1.54, 1.807) is 6.20 Å². The van der Waals surface area contributed by atoms with Crippen LogP contribution in [0.5, 0.6) is 0 Å². The highest BCUT2D eigenvalue weighted by Gasteiger charge is 2.09. The van der Waals surface area contributed by atoms with Crippen molar-refractivity contribution in [2.45, 2.75) is 19.3 Å². The van der Waals surface area contributed by atoms with Gasteiger partial charge < -0.3 is 5.32 Å². The van der Waals surface area contributed by atoms with Crippen molar-refractivity contribution in [1.29, 1.82) is 0 Å². The van der Waals surface area contributed by atoms with E-state index >= 15 is 0 Å². The third-order valence-corrected chi connectivity index (χ3v) is 2.93. The number of hydrogen-bond acceptors (Lipinski definition) is 4. The summed E-state index contributed by atoms with van der Waals surface area (Å²) in [6, 6.07) is 0. The highest BCUT2D eigenvalue weighted by molar-refractivity contribution is 7.09. The molecule has 1 aliphatic carbocycles. The second kappa shape index (κ2) is 4.37. The van der Waals surface area contributed by atoms with Crippen molar-refractivity contribution in [3.8, 4) is 0 Å². The summed E-state index contributed by atoms with van der Waals surface area (Å²) in [7, 11) is 0. The number of allylic oxidation sites excluding steroid dienone is 2. The fourth-order valence-electron chi connectivity index (χ4n) is 1.53. The first kappa shape index (κ1) is 8.69. The van der Waals surface area contributed by atoms with Gasteiger partial charge in [0.15, 0.2) is 0 Å². The Bertz CT molecular complexity index is 268.